The summed E-state index contributed by atoms with van der Waals surface area (Å²) < 4.78 is 5.52. The van der Waals surface area contributed by atoms with Crippen molar-refractivity contribution in [1.29, 1.82) is 0 Å². The highest BCUT2D eigenvalue weighted by Gasteiger charge is 2.07. The number of hydrogen-bond donors (Lipinski definition) is 1. The predicted octanol–water partition coefficient (Wildman–Crippen LogP) is 4.35. The number of hydrogen-bond acceptors (Lipinski definition) is 5. The van der Waals surface area contributed by atoms with Crippen LogP contribution in [0.4, 0.5) is 6.01 Å². The van der Waals surface area contributed by atoms with Crippen LogP contribution in [-0.4, -0.2) is 21.5 Å². The highest BCUT2D eigenvalue weighted by molar-refractivity contribution is 5.94. The molecule has 1 heterocycles. The molecular weight excluding hydrogens is 302 g/mol. The van der Waals surface area contributed by atoms with Crippen LogP contribution in [-0.2, 0) is 0 Å². The van der Waals surface area contributed by atoms with E-state index in [2.05, 4.69) is 15.2 Å². The van der Waals surface area contributed by atoms with Crippen molar-refractivity contribution in [3.05, 3.63) is 72.3 Å². The quantitative estimate of drug-likeness (QED) is 0.571. The summed E-state index contributed by atoms with van der Waals surface area (Å²) in [4.78, 5) is 4.17. The molecule has 116 valence electrons. The first-order valence-corrected chi connectivity index (χ1v) is 7.44. The van der Waals surface area contributed by atoms with Crippen LogP contribution in [0.15, 0.2) is 76.1 Å². The summed E-state index contributed by atoms with van der Waals surface area (Å²) in [6, 6.07) is 21.0. The Hall–Kier alpha value is -3.47. The Morgan fingerprint density at radius 3 is 2.38 bits per heavy atom. The van der Waals surface area contributed by atoms with E-state index >= 15 is 0 Å². The van der Waals surface area contributed by atoms with E-state index in [0.717, 1.165) is 16.3 Å². The standard InChI is InChI=1S/C19H13N3O2/c23-17-11-15-9-5-4-8-14(15)10-16(17)12-20-19-22-21-18(24-19)13-6-2-1-3-7-13/h1-12,23H/b20-12+. The fraction of sp³-hybridized carbons (Fsp3) is 0. The summed E-state index contributed by atoms with van der Waals surface area (Å²) in [6.45, 7) is 0. The topological polar surface area (TPSA) is 71.5 Å². The molecule has 0 spiro atoms. The van der Waals surface area contributed by atoms with Gasteiger partial charge in [-0.25, -0.2) is 4.99 Å². The van der Waals surface area contributed by atoms with Gasteiger partial charge in [0, 0.05) is 17.3 Å². The van der Waals surface area contributed by atoms with Crippen molar-refractivity contribution in [3.63, 3.8) is 0 Å². The average Bonchev–Trinajstić information content (AvgIpc) is 3.10. The van der Waals surface area contributed by atoms with Gasteiger partial charge in [0.05, 0.1) is 0 Å². The van der Waals surface area contributed by atoms with E-state index < -0.39 is 0 Å². The number of aliphatic imine (C=N–C) groups is 1. The first-order chi connectivity index (χ1) is 11.8. The third kappa shape index (κ3) is 2.75. The SMILES string of the molecule is Oc1cc2ccccc2cc1/C=N/c1nnc(-c2ccccc2)o1. The Kier molecular flexibility index (Phi) is 3.51. The fourth-order valence-electron chi connectivity index (χ4n) is 2.44. The van der Waals surface area contributed by atoms with Gasteiger partial charge in [0.15, 0.2) is 0 Å². The van der Waals surface area contributed by atoms with Gasteiger partial charge in [0.25, 0.3) is 0 Å². The number of phenolic OH excluding ortho intramolecular Hbond substituents is 1. The van der Waals surface area contributed by atoms with Crippen molar-refractivity contribution in [2.45, 2.75) is 0 Å². The zero-order valence-electron chi connectivity index (χ0n) is 12.6. The van der Waals surface area contributed by atoms with Gasteiger partial charge in [-0.15, -0.1) is 5.10 Å². The number of rotatable bonds is 3. The fourth-order valence-corrected chi connectivity index (χ4v) is 2.44. The van der Waals surface area contributed by atoms with Crippen LogP contribution in [0.2, 0.25) is 0 Å². The van der Waals surface area contributed by atoms with Crippen LogP contribution in [0.1, 0.15) is 5.56 Å². The van der Waals surface area contributed by atoms with E-state index in [-0.39, 0.29) is 11.8 Å². The molecule has 0 saturated heterocycles. The lowest BCUT2D eigenvalue weighted by molar-refractivity contribution is 0.475. The molecule has 0 unspecified atom stereocenters. The molecule has 0 radical (unpaired) electrons. The number of benzene rings is 3. The minimum Gasteiger partial charge on any atom is -0.507 e. The molecule has 1 N–H and O–H groups in total. The molecule has 4 aromatic rings. The molecule has 0 atom stereocenters. The van der Waals surface area contributed by atoms with E-state index in [0.29, 0.717) is 11.5 Å². The van der Waals surface area contributed by atoms with Gasteiger partial charge in [-0.1, -0.05) is 47.6 Å². The minimum absolute atomic E-state index is 0.140. The second-order valence-corrected chi connectivity index (χ2v) is 5.27. The molecule has 0 amide bonds. The van der Waals surface area contributed by atoms with Gasteiger partial charge in [-0.2, -0.15) is 0 Å². The lowest BCUT2D eigenvalue weighted by Gasteiger charge is -2.02. The van der Waals surface area contributed by atoms with Gasteiger partial charge in [-0.3, -0.25) is 0 Å². The number of fused-ring (bicyclic) bond motifs is 1. The first kappa shape index (κ1) is 14.1. The maximum Gasteiger partial charge on any atom is 0.342 e. The third-order valence-electron chi connectivity index (χ3n) is 3.64. The van der Waals surface area contributed by atoms with Gasteiger partial charge < -0.3 is 9.52 Å². The van der Waals surface area contributed by atoms with Crippen molar-refractivity contribution in [1.82, 2.24) is 10.2 Å². The summed E-state index contributed by atoms with van der Waals surface area (Å²) in [7, 11) is 0. The normalized spacial score (nSPS) is 11.3. The lowest BCUT2D eigenvalue weighted by Crippen LogP contribution is -1.83. The second kappa shape index (κ2) is 5.96. The highest BCUT2D eigenvalue weighted by Crippen LogP contribution is 2.25. The molecule has 24 heavy (non-hydrogen) atoms. The molecule has 5 nitrogen and oxygen atoms in total. The van der Waals surface area contributed by atoms with Crippen molar-refractivity contribution >= 4 is 23.0 Å². The van der Waals surface area contributed by atoms with Crippen molar-refractivity contribution in [2.75, 3.05) is 0 Å². The van der Waals surface area contributed by atoms with Gasteiger partial charge in [-0.05, 0) is 35.0 Å². The molecule has 0 aliphatic carbocycles. The Balaban J connectivity index is 1.64. The molecular formula is C19H13N3O2. The number of aromatic hydroxyl groups is 1. The summed E-state index contributed by atoms with van der Waals surface area (Å²) in [5, 5.41) is 20.0. The van der Waals surface area contributed by atoms with Gasteiger partial charge in [0.1, 0.15) is 5.75 Å². The first-order valence-electron chi connectivity index (χ1n) is 7.44. The van der Waals surface area contributed by atoms with Crippen LogP contribution in [0.3, 0.4) is 0 Å². The third-order valence-corrected chi connectivity index (χ3v) is 3.64. The summed E-state index contributed by atoms with van der Waals surface area (Å²) in [5.41, 5.74) is 1.42. The van der Waals surface area contributed by atoms with Crippen LogP contribution in [0.25, 0.3) is 22.2 Å². The zero-order valence-corrected chi connectivity index (χ0v) is 12.6. The van der Waals surface area contributed by atoms with Crippen molar-refractivity contribution in [3.8, 4) is 17.2 Å². The summed E-state index contributed by atoms with van der Waals surface area (Å²) >= 11 is 0. The molecule has 0 saturated carbocycles. The van der Waals surface area contributed by atoms with E-state index in [1.807, 2.05) is 60.7 Å². The molecule has 0 aliphatic heterocycles. The maximum absolute atomic E-state index is 10.1. The molecule has 4 rings (SSSR count). The summed E-state index contributed by atoms with van der Waals surface area (Å²) in [5.74, 6) is 0.561. The van der Waals surface area contributed by atoms with E-state index in [1.165, 1.54) is 6.21 Å². The number of phenols is 1. The van der Waals surface area contributed by atoms with Gasteiger partial charge in [0.2, 0.25) is 5.89 Å². The van der Waals surface area contributed by atoms with Crippen molar-refractivity contribution < 1.29 is 9.52 Å². The minimum atomic E-state index is 0.140. The zero-order chi connectivity index (χ0) is 16.4. The van der Waals surface area contributed by atoms with Crippen LogP contribution in [0, 0.1) is 0 Å². The Morgan fingerprint density at radius 2 is 1.58 bits per heavy atom. The average molecular weight is 315 g/mol. The van der Waals surface area contributed by atoms with Crippen molar-refractivity contribution in [2.24, 2.45) is 4.99 Å². The number of nitrogens with zero attached hydrogens (tertiary/aromatic N) is 3. The molecule has 5 heteroatoms. The molecule has 0 fully saturated rings. The Morgan fingerprint density at radius 1 is 0.875 bits per heavy atom. The smallest absolute Gasteiger partial charge is 0.342 e. The summed E-state index contributed by atoms with van der Waals surface area (Å²) in [6.07, 6.45) is 1.52. The van der Waals surface area contributed by atoms with E-state index in [4.69, 9.17) is 4.42 Å². The second-order valence-electron chi connectivity index (χ2n) is 5.27. The van der Waals surface area contributed by atoms with E-state index in [1.54, 1.807) is 6.07 Å². The number of aromatic nitrogens is 2. The van der Waals surface area contributed by atoms with E-state index in [9.17, 15) is 5.11 Å². The molecule has 0 bridgehead atoms. The van der Waals surface area contributed by atoms with Crippen LogP contribution in [0.5, 0.6) is 5.75 Å². The lowest BCUT2D eigenvalue weighted by atomic mass is 10.1. The molecule has 1 aromatic heterocycles. The monoisotopic (exact) mass is 315 g/mol. The molecule has 3 aromatic carbocycles. The highest BCUT2D eigenvalue weighted by atomic mass is 16.4. The predicted molar refractivity (Wildman–Crippen MR) is 92.6 cm³/mol. The van der Waals surface area contributed by atoms with Gasteiger partial charge >= 0.3 is 6.01 Å². The Bertz CT molecular complexity index is 1020. The Labute approximate surface area is 137 Å². The van der Waals surface area contributed by atoms with Crippen LogP contribution < -0.4 is 0 Å². The molecule has 0 aliphatic rings. The maximum atomic E-state index is 10.1. The van der Waals surface area contributed by atoms with Crippen LogP contribution >= 0.6 is 0 Å². The largest absolute Gasteiger partial charge is 0.507 e.